The van der Waals surface area contributed by atoms with Crippen LogP contribution < -0.4 is 4.74 Å². The van der Waals surface area contributed by atoms with E-state index in [4.69, 9.17) is 9.16 Å². The molecule has 6 heteroatoms. The Morgan fingerprint density at radius 3 is 2.00 bits per heavy atom. The predicted molar refractivity (Wildman–Crippen MR) is 87.9 cm³/mol. The van der Waals surface area contributed by atoms with Crippen molar-refractivity contribution in [2.45, 2.75) is 52.8 Å². The van der Waals surface area contributed by atoms with Gasteiger partial charge in [-0.15, -0.1) is 0 Å². The lowest BCUT2D eigenvalue weighted by Gasteiger charge is -2.36. The quantitative estimate of drug-likeness (QED) is 0.581. The number of halogens is 1. The first-order valence-electron chi connectivity index (χ1n) is 6.82. The molecule has 0 bridgehead atoms. The molecule has 1 aromatic rings. The Morgan fingerprint density at radius 1 is 1.05 bits per heavy atom. The van der Waals surface area contributed by atoms with Crippen molar-refractivity contribution in [1.29, 1.82) is 0 Å². The smallest absolute Gasteiger partial charge is 0.316 e. The third kappa shape index (κ3) is 4.53. The summed E-state index contributed by atoms with van der Waals surface area (Å²) >= 11 is 3.44. The fraction of sp³-hybridized carbons (Fsp3) is 0.714. The van der Waals surface area contributed by atoms with Crippen LogP contribution in [0.15, 0.2) is 4.47 Å². The van der Waals surface area contributed by atoms with Crippen molar-refractivity contribution in [2.24, 2.45) is 0 Å². The molecule has 1 aromatic heterocycles. The van der Waals surface area contributed by atoms with Gasteiger partial charge in [0.25, 0.3) is 0 Å². The van der Waals surface area contributed by atoms with E-state index in [1.165, 1.54) is 0 Å². The van der Waals surface area contributed by atoms with Crippen molar-refractivity contribution in [3.8, 4) is 6.01 Å². The second-order valence-electron chi connectivity index (χ2n) is 6.45. The van der Waals surface area contributed by atoms with Crippen molar-refractivity contribution >= 4 is 24.2 Å². The molecular weight excluding hydrogens is 336 g/mol. The van der Waals surface area contributed by atoms with Crippen molar-refractivity contribution < 1.29 is 9.16 Å². The van der Waals surface area contributed by atoms with Crippen molar-refractivity contribution in [3.63, 3.8) is 0 Å². The van der Waals surface area contributed by atoms with Gasteiger partial charge in [-0.25, -0.2) is 0 Å². The van der Waals surface area contributed by atoms with Gasteiger partial charge >= 0.3 is 6.01 Å². The molecule has 0 aliphatic rings. The number of ether oxygens (including phenoxy) is 1. The zero-order valence-corrected chi connectivity index (χ0v) is 16.1. The number of aryl methyl sites for hydroxylation is 2. The molecule has 0 aliphatic carbocycles. The van der Waals surface area contributed by atoms with Gasteiger partial charge in [0.15, 0.2) is 8.32 Å². The van der Waals surface area contributed by atoms with Crippen LogP contribution in [0.25, 0.3) is 0 Å². The summed E-state index contributed by atoms with van der Waals surface area (Å²) in [7, 11) is -1.70. The Hall–Kier alpha value is -0.463. The van der Waals surface area contributed by atoms with Gasteiger partial charge in [0.05, 0.1) is 22.5 Å². The third-order valence-electron chi connectivity index (χ3n) is 3.75. The first kappa shape index (κ1) is 17.6. The standard InChI is InChI=1S/C14H25BrN2O2Si/c1-10-12(15)11(2)17-13(16-10)18-8-9-19-20(6,7)14(3,4)5/h8-9H2,1-7H3. The molecule has 0 spiro atoms. The highest BCUT2D eigenvalue weighted by Crippen LogP contribution is 2.36. The Morgan fingerprint density at radius 2 is 1.55 bits per heavy atom. The summed E-state index contributed by atoms with van der Waals surface area (Å²) in [6.45, 7) is 16.1. The molecule has 0 aromatic carbocycles. The minimum Gasteiger partial charge on any atom is -0.461 e. The van der Waals surface area contributed by atoms with Gasteiger partial charge in [-0.1, -0.05) is 20.8 Å². The normalized spacial score (nSPS) is 12.6. The maximum atomic E-state index is 6.05. The van der Waals surface area contributed by atoms with Crippen molar-refractivity contribution in [1.82, 2.24) is 9.97 Å². The molecular formula is C14H25BrN2O2Si. The van der Waals surface area contributed by atoms with E-state index in [0.29, 0.717) is 19.2 Å². The third-order valence-corrected chi connectivity index (χ3v) is 9.43. The van der Waals surface area contributed by atoms with E-state index in [1.54, 1.807) is 0 Å². The Kier molecular flexibility index (Phi) is 5.75. The molecule has 0 unspecified atom stereocenters. The lowest BCUT2D eigenvalue weighted by Crippen LogP contribution is -2.41. The van der Waals surface area contributed by atoms with E-state index < -0.39 is 8.32 Å². The number of hydrogen-bond donors (Lipinski definition) is 0. The first-order valence-corrected chi connectivity index (χ1v) is 10.5. The topological polar surface area (TPSA) is 44.2 Å². The molecule has 0 fully saturated rings. The summed E-state index contributed by atoms with van der Waals surface area (Å²) in [5.74, 6) is 0. The molecule has 4 nitrogen and oxygen atoms in total. The maximum absolute atomic E-state index is 6.05. The molecule has 0 radical (unpaired) electrons. The molecule has 1 heterocycles. The van der Waals surface area contributed by atoms with Crippen molar-refractivity contribution in [2.75, 3.05) is 13.2 Å². The fourth-order valence-electron chi connectivity index (χ4n) is 1.38. The van der Waals surface area contributed by atoms with E-state index in [0.717, 1.165) is 15.9 Å². The summed E-state index contributed by atoms with van der Waals surface area (Å²) in [5.41, 5.74) is 1.77. The van der Waals surface area contributed by atoms with E-state index in [-0.39, 0.29) is 5.04 Å². The van der Waals surface area contributed by atoms with Gasteiger partial charge in [-0.05, 0) is 47.9 Å². The highest BCUT2D eigenvalue weighted by Gasteiger charge is 2.36. The highest BCUT2D eigenvalue weighted by molar-refractivity contribution is 9.10. The summed E-state index contributed by atoms with van der Waals surface area (Å²) in [6.07, 6.45) is 0. The van der Waals surface area contributed by atoms with Crippen LogP contribution in [-0.4, -0.2) is 31.5 Å². The van der Waals surface area contributed by atoms with Crippen LogP contribution in [0.1, 0.15) is 32.2 Å². The molecule has 0 amide bonds. The zero-order valence-electron chi connectivity index (χ0n) is 13.5. The largest absolute Gasteiger partial charge is 0.461 e. The molecule has 0 saturated carbocycles. The highest BCUT2D eigenvalue weighted by atomic mass is 79.9. The van der Waals surface area contributed by atoms with Crippen molar-refractivity contribution in [3.05, 3.63) is 15.9 Å². The maximum Gasteiger partial charge on any atom is 0.316 e. The van der Waals surface area contributed by atoms with Gasteiger partial charge in [0, 0.05) is 0 Å². The average molecular weight is 361 g/mol. The van der Waals surface area contributed by atoms with Crippen LogP contribution in [-0.2, 0) is 4.43 Å². The molecule has 0 aliphatic heterocycles. The first-order chi connectivity index (χ1) is 9.04. The number of hydrogen-bond acceptors (Lipinski definition) is 4. The number of aromatic nitrogens is 2. The van der Waals surface area contributed by atoms with Crippen LogP contribution in [0.2, 0.25) is 18.1 Å². The molecule has 0 saturated heterocycles. The Balaban J connectivity index is 2.50. The van der Waals surface area contributed by atoms with E-state index in [1.807, 2.05) is 13.8 Å². The predicted octanol–water partition coefficient (Wildman–Crippen LogP) is 4.26. The molecule has 1 rings (SSSR count). The second kappa shape index (κ2) is 6.53. The number of rotatable bonds is 5. The minimum absolute atomic E-state index is 0.217. The SMILES string of the molecule is Cc1nc(OCCO[Si](C)(C)C(C)(C)C)nc(C)c1Br. The Labute approximate surface area is 131 Å². The van der Waals surface area contributed by atoms with Gasteiger partial charge in [-0.3, -0.25) is 0 Å². The van der Waals surface area contributed by atoms with Gasteiger partial charge < -0.3 is 9.16 Å². The fourth-order valence-corrected chi connectivity index (χ4v) is 2.59. The van der Waals surface area contributed by atoms with Gasteiger partial charge in [0.1, 0.15) is 6.61 Å². The summed E-state index contributed by atoms with van der Waals surface area (Å²) < 4.78 is 12.6. The van der Waals surface area contributed by atoms with Crippen LogP contribution in [0.3, 0.4) is 0 Å². The minimum atomic E-state index is -1.70. The molecule has 114 valence electrons. The van der Waals surface area contributed by atoms with E-state index >= 15 is 0 Å². The summed E-state index contributed by atoms with van der Waals surface area (Å²) in [4.78, 5) is 8.58. The lowest BCUT2D eigenvalue weighted by atomic mass is 10.2. The summed E-state index contributed by atoms with van der Waals surface area (Å²) in [6, 6.07) is 0.419. The van der Waals surface area contributed by atoms with Crippen LogP contribution in [0.5, 0.6) is 6.01 Å². The van der Waals surface area contributed by atoms with E-state index in [9.17, 15) is 0 Å². The monoisotopic (exact) mass is 360 g/mol. The van der Waals surface area contributed by atoms with Gasteiger partial charge in [-0.2, -0.15) is 9.97 Å². The number of nitrogens with zero attached hydrogens (tertiary/aromatic N) is 2. The Bertz CT molecular complexity index is 450. The van der Waals surface area contributed by atoms with Crippen LogP contribution in [0, 0.1) is 13.8 Å². The molecule has 20 heavy (non-hydrogen) atoms. The van der Waals surface area contributed by atoms with Gasteiger partial charge in [0.2, 0.25) is 0 Å². The summed E-state index contributed by atoms with van der Waals surface area (Å²) in [5, 5.41) is 0.217. The van der Waals surface area contributed by atoms with E-state index in [2.05, 4.69) is 59.8 Å². The van der Waals surface area contributed by atoms with Crippen LogP contribution in [0.4, 0.5) is 0 Å². The average Bonchev–Trinajstić information content (AvgIpc) is 2.30. The molecule has 0 atom stereocenters. The van der Waals surface area contributed by atoms with Crippen LogP contribution >= 0.6 is 15.9 Å². The zero-order chi connectivity index (χ0) is 15.6. The lowest BCUT2D eigenvalue weighted by molar-refractivity contribution is 0.193. The second-order valence-corrected chi connectivity index (χ2v) is 12.1. The molecule has 0 N–H and O–H groups in total.